The lowest BCUT2D eigenvalue weighted by atomic mass is 9.97. The Morgan fingerprint density at radius 3 is 2.48 bits per heavy atom. The molecule has 0 spiro atoms. The van der Waals surface area contributed by atoms with Crippen LogP contribution in [0.4, 0.5) is 0 Å². The molecule has 21 heavy (non-hydrogen) atoms. The van der Waals surface area contributed by atoms with E-state index in [0.717, 1.165) is 24.2 Å². The second kappa shape index (κ2) is 7.88. The topological polar surface area (TPSA) is 104 Å². The predicted molar refractivity (Wildman–Crippen MR) is 80.9 cm³/mol. The monoisotopic (exact) mass is 335 g/mol. The van der Waals surface area contributed by atoms with E-state index in [1.165, 1.54) is 12.1 Å². The normalized spacial score (nSPS) is 13.5. The van der Waals surface area contributed by atoms with Crippen molar-refractivity contribution in [2.24, 2.45) is 5.92 Å². The van der Waals surface area contributed by atoms with Gasteiger partial charge in [-0.2, -0.15) is 0 Å². The summed E-state index contributed by atoms with van der Waals surface area (Å²) in [6.45, 7) is 3.85. The van der Waals surface area contributed by atoms with Crippen LogP contribution in [0.25, 0.3) is 0 Å². The van der Waals surface area contributed by atoms with Crippen LogP contribution in [0.3, 0.4) is 0 Å². The molecule has 1 atom stereocenters. The molecule has 0 amide bonds. The van der Waals surface area contributed by atoms with Gasteiger partial charge in [0.05, 0.1) is 12.5 Å². The number of hydrogen-bond acceptors (Lipinski definition) is 5. The highest BCUT2D eigenvalue weighted by Gasteiger charge is 2.21. The number of aliphatic hydroxyl groups excluding tert-OH is 1. The average Bonchev–Trinajstić information content (AvgIpc) is 2.86. The molecule has 0 bridgehead atoms. The zero-order valence-electron chi connectivity index (χ0n) is 12.1. The fourth-order valence-electron chi connectivity index (χ4n) is 2.01. The van der Waals surface area contributed by atoms with Gasteiger partial charge in [-0.25, -0.2) is 13.1 Å². The molecule has 1 heterocycles. The third-order valence-electron chi connectivity index (χ3n) is 3.30. The minimum Gasteiger partial charge on any atom is -0.481 e. The van der Waals surface area contributed by atoms with Crippen LogP contribution < -0.4 is 4.72 Å². The third-order valence-corrected chi connectivity index (χ3v) is 6.30. The van der Waals surface area contributed by atoms with Crippen molar-refractivity contribution in [2.45, 2.75) is 43.4 Å². The van der Waals surface area contributed by atoms with Gasteiger partial charge in [-0.05, 0) is 18.1 Å². The highest BCUT2D eigenvalue weighted by atomic mass is 32.2. The number of thiophene rings is 1. The van der Waals surface area contributed by atoms with Crippen LogP contribution in [0.5, 0.6) is 0 Å². The molecule has 0 aliphatic rings. The maximum absolute atomic E-state index is 12.1. The number of aliphatic carboxylic acids is 1. The highest BCUT2D eigenvalue weighted by molar-refractivity contribution is 7.91. The Balaban J connectivity index is 2.69. The van der Waals surface area contributed by atoms with E-state index < -0.39 is 22.1 Å². The summed E-state index contributed by atoms with van der Waals surface area (Å²) >= 11 is 0.927. The number of carboxylic acid groups (broad SMARTS) is 1. The minimum atomic E-state index is -3.70. The van der Waals surface area contributed by atoms with Gasteiger partial charge in [0.2, 0.25) is 10.0 Å². The van der Waals surface area contributed by atoms with E-state index in [9.17, 15) is 18.3 Å². The van der Waals surface area contributed by atoms with E-state index in [2.05, 4.69) is 4.72 Å². The molecule has 1 aromatic rings. The number of aliphatic hydroxyl groups is 1. The number of carbonyl (C=O) groups is 1. The Kier molecular flexibility index (Phi) is 6.79. The van der Waals surface area contributed by atoms with Crippen molar-refractivity contribution in [2.75, 3.05) is 6.54 Å². The standard InChI is InChI=1S/C13H21NO5S2/c1-3-9(4-2)11(15)8-14-21(18,19)13-6-5-10(20-13)7-12(16)17/h5-6,9,11,14-15H,3-4,7-8H2,1-2H3,(H,16,17). The molecule has 0 aromatic carbocycles. The van der Waals surface area contributed by atoms with E-state index in [1.807, 2.05) is 13.8 Å². The molecule has 6 nitrogen and oxygen atoms in total. The van der Waals surface area contributed by atoms with Crippen LogP contribution in [0, 0.1) is 5.92 Å². The summed E-state index contributed by atoms with van der Waals surface area (Å²) in [5, 5.41) is 18.6. The van der Waals surface area contributed by atoms with Crippen molar-refractivity contribution >= 4 is 27.3 Å². The Morgan fingerprint density at radius 2 is 1.95 bits per heavy atom. The van der Waals surface area contributed by atoms with Gasteiger partial charge in [0.25, 0.3) is 0 Å². The summed E-state index contributed by atoms with van der Waals surface area (Å²) in [6, 6.07) is 2.87. The van der Waals surface area contributed by atoms with Gasteiger partial charge in [-0.1, -0.05) is 26.7 Å². The molecule has 1 rings (SSSR count). The predicted octanol–water partition coefficient (Wildman–Crippen LogP) is 1.45. The van der Waals surface area contributed by atoms with Crippen molar-refractivity contribution in [3.63, 3.8) is 0 Å². The molecule has 120 valence electrons. The summed E-state index contributed by atoms with van der Waals surface area (Å²) in [6.07, 6.45) is 0.631. The second-order valence-corrected chi connectivity index (χ2v) is 7.95. The molecule has 0 saturated heterocycles. The Labute approximate surface area is 128 Å². The van der Waals surface area contributed by atoms with Crippen LogP contribution >= 0.6 is 11.3 Å². The van der Waals surface area contributed by atoms with E-state index >= 15 is 0 Å². The maximum atomic E-state index is 12.1. The first-order chi connectivity index (χ1) is 9.80. The van der Waals surface area contributed by atoms with Crippen LogP contribution in [0.1, 0.15) is 31.6 Å². The Bertz CT molecular complexity index is 563. The number of hydrogen-bond donors (Lipinski definition) is 3. The van der Waals surface area contributed by atoms with Gasteiger partial charge in [-0.15, -0.1) is 11.3 Å². The molecule has 3 N–H and O–H groups in total. The maximum Gasteiger partial charge on any atom is 0.308 e. The molecule has 0 saturated carbocycles. The first-order valence-corrected chi connectivity index (χ1v) is 9.08. The van der Waals surface area contributed by atoms with Crippen LogP contribution in [-0.4, -0.2) is 37.2 Å². The minimum absolute atomic E-state index is 0.0408. The van der Waals surface area contributed by atoms with Gasteiger partial charge in [-0.3, -0.25) is 4.79 Å². The molecule has 8 heteroatoms. The zero-order valence-corrected chi connectivity index (χ0v) is 13.7. The van der Waals surface area contributed by atoms with Crippen molar-refractivity contribution in [1.29, 1.82) is 0 Å². The van der Waals surface area contributed by atoms with Gasteiger partial charge >= 0.3 is 5.97 Å². The van der Waals surface area contributed by atoms with Gasteiger partial charge in [0.1, 0.15) is 4.21 Å². The van der Waals surface area contributed by atoms with E-state index in [-0.39, 0.29) is 23.1 Å². The summed E-state index contributed by atoms with van der Waals surface area (Å²) < 4.78 is 26.6. The highest BCUT2D eigenvalue weighted by Crippen LogP contribution is 2.22. The van der Waals surface area contributed by atoms with Crippen molar-refractivity contribution in [3.05, 3.63) is 17.0 Å². The van der Waals surface area contributed by atoms with Crippen molar-refractivity contribution in [3.8, 4) is 0 Å². The molecule has 0 aliphatic carbocycles. The second-order valence-electron chi connectivity index (χ2n) is 4.79. The largest absolute Gasteiger partial charge is 0.481 e. The van der Waals surface area contributed by atoms with Gasteiger partial charge < -0.3 is 10.2 Å². The molecule has 0 aliphatic heterocycles. The molecular weight excluding hydrogens is 314 g/mol. The number of sulfonamides is 1. The summed E-state index contributed by atoms with van der Waals surface area (Å²) in [5.41, 5.74) is 0. The summed E-state index contributed by atoms with van der Waals surface area (Å²) in [7, 11) is -3.70. The van der Waals surface area contributed by atoms with Gasteiger partial charge in [0, 0.05) is 11.4 Å². The lowest BCUT2D eigenvalue weighted by molar-refractivity contribution is -0.136. The number of nitrogens with one attached hydrogen (secondary N) is 1. The molecule has 0 radical (unpaired) electrons. The zero-order chi connectivity index (χ0) is 16.0. The third kappa shape index (κ3) is 5.39. The van der Waals surface area contributed by atoms with E-state index in [1.54, 1.807) is 0 Å². The molecular formula is C13H21NO5S2. The lowest BCUT2D eigenvalue weighted by Crippen LogP contribution is -2.35. The quantitative estimate of drug-likeness (QED) is 0.634. The Morgan fingerprint density at radius 1 is 1.33 bits per heavy atom. The smallest absolute Gasteiger partial charge is 0.308 e. The van der Waals surface area contributed by atoms with E-state index in [0.29, 0.717) is 4.88 Å². The number of rotatable bonds is 9. The molecule has 1 unspecified atom stereocenters. The first kappa shape index (κ1) is 18.1. The Hall–Kier alpha value is -0.960. The molecule has 1 aromatic heterocycles. The lowest BCUT2D eigenvalue weighted by Gasteiger charge is -2.20. The molecule has 0 fully saturated rings. The summed E-state index contributed by atoms with van der Waals surface area (Å²) in [4.78, 5) is 11.1. The summed E-state index contributed by atoms with van der Waals surface area (Å²) in [5.74, 6) is -0.948. The van der Waals surface area contributed by atoms with Crippen molar-refractivity contribution in [1.82, 2.24) is 4.72 Å². The fourth-order valence-corrected chi connectivity index (χ4v) is 4.46. The van der Waals surface area contributed by atoms with Crippen LogP contribution in [0.15, 0.2) is 16.3 Å². The van der Waals surface area contributed by atoms with E-state index in [4.69, 9.17) is 5.11 Å². The fraction of sp³-hybridized carbons (Fsp3) is 0.615. The van der Waals surface area contributed by atoms with Crippen LogP contribution in [-0.2, 0) is 21.2 Å². The van der Waals surface area contributed by atoms with Crippen LogP contribution in [0.2, 0.25) is 0 Å². The SMILES string of the molecule is CCC(CC)C(O)CNS(=O)(=O)c1ccc(CC(=O)O)s1. The van der Waals surface area contributed by atoms with Crippen molar-refractivity contribution < 1.29 is 23.4 Å². The first-order valence-electron chi connectivity index (χ1n) is 6.78. The average molecular weight is 335 g/mol. The number of carboxylic acids is 1. The van der Waals surface area contributed by atoms with Gasteiger partial charge in [0.15, 0.2) is 0 Å².